The van der Waals surface area contributed by atoms with Crippen molar-refractivity contribution in [3.63, 3.8) is 0 Å². The van der Waals surface area contributed by atoms with Gasteiger partial charge in [0.15, 0.2) is 0 Å². The van der Waals surface area contributed by atoms with Crippen LogP contribution in [0.15, 0.2) is 224 Å². The zero-order chi connectivity index (χ0) is 37.8. The maximum absolute atomic E-state index is 2.47. The normalized spacial score (nSPS) is 12.8. The highest BCUT2D eigenvalue weighted by atomic mass is 15.0. The molecule has 1 heterocycles. The fourth-order valence-corrected chi connectivity index (χ4v) is 9.52. The molecule has 0 N–H and O–H groups in total. The average molecular weight is 726 g/mol. The van der Waals surface area contributed by atoms with Crippen molar-refractivity contribution in [3.05, 3.63) is 258 Å². The van der Waals surface area contributed by atoms with E-state index in [1.54, 1.807) is 0 Å². The number of nitrogens with zero attached hydrogens (tertiary/aromatic N) is 1. The molecule has 1 aromatic heterocycles. The van der Waals surface area contributed by atoms with E-state index in [2.05, 4.69) is 229 Å². The highest BCUT2D eigenvalue weighted by Crippen LogP contribution is 2.56. The summed E-state index contributed by atoms with van der Waals surface area (Å²) in [6.45, 7) is 0. The van der Waals surface area contributed by atoms with Crippen molar-refractivity contribution in [1.82, 2.24) is 4.57 Å². The molecule has 0 atom stereocenters. The SMILES string of the molecule is c1ccc(-n2c3ccccc3c3cc(-c4ccc(-c5ccc(Cc6ccc7c(c6)C(c6ccccc6)(c6ccccc6)c6ccccc6-7)cc5)cc4)ccc32)cc1. The molecule has 1 nitrogen and oxygen atoms in total. The summed E-state index contributed by atoms with van der Waals surface area (Å²) in [7, 11) is 0. The topological polar surface area (TPSA) is 4.93 Å². The van der Waals surface area contributed by atoms with E-state index in [4.69, 9.17) is 0 Å². The predicted molar refractivity (Wildman–Crippen MR) is 238 cm³/mol. The lowest BCUT2D eigenvalue weighted by Crippen LogP contribution is -2.28. The van der Waals surface area contributed by atoms with Crippen LogP contribution in [-0.2, 0) is 11.8 Å². The van der Waals surface area contributed by atoms with Crippen molar-refractivity contribution in [1.29, 1.82) is 0 Å². The Morgan fingerprint density at radius 2 is 0.842 bits per heavy atom. The van der Waals surface area contributed by atoms with Gasteiger partial charge in [-0.25, -0.2) is 0 Å². The van der Waals surface area contributed by atoms with Gasteiger partial charge in [-0.1, -0.05) is 194 Å². The van der Waals surface area contributed by atoms with E-state index in [0.717, 1.165) is 6.42 Å². The first kappa shape index (κ1) is 33.1. The maximum atomic E-state index is 2.47. The molecule has 0 amide bonds. The minimum absolute atomic E-state index is 0.382. The lowest BCUT2D eigenvalue weighted by molar-refractivity contribution is 0.767. The second kappa shape index (κ2) is 13.5. The smallest absolute Gasteiger partial charge is 0.0713 e. The third-order valence-electron chi connectivity index (χ3n) is 12.1. The summed E-state index contributed by atoms with van der Waals surface area (Å²) < 4.78 is 2.37. The van der Waals surface area contributed by atoms with Gasteiger partial charge < -0.3 is 4.57 Å². The molecule has 0 fully saturated rings. The molecule has 0 bridgehead atoms. The Hall–Kier alpha value is -7.22. The largest absolute Gasteiger partial charge is 0.309 e. The number of benzene rings is 9. The zero-order valence-corrected chi connectivity index (χ0v) is 31.5. The van der Waals surface area contributed by atoms with Gasteiger partial charge in [-0.2, -0.15) is 0 Å². The van der Waals surface area contributed by atoms with Crippen molar-refractivity contribution in [2.75, 3.05) is 0 Å². The molecule has 268 valence electrons. The molecule has 0 aliphatic heterocycles. The summed E-state index contributed by atoms with van der Waals surface area (Å²) in [5.74, 6) is 0. The van der Waals surface area contributed by atoms with Crippen LogP contribution in [0.5, 0.6) is 0 Å². The molecule has 0 radical (unpaired) electrons. The average Bonchev–Trinajstić information content (AvgIpc) is 3.78. The minimum atomic E-state index is -0.382. The molecule has 0 spiro atoms. The van der Waals surface area contributed by atoms with E-state index in [9.17, 15) is 0 Å². The molecule has 1 heteroatoms. The van der Waals surface area contributed by atoms with E-state index in [1.807, 2.05) is 0 Å². The van der Waals surface area contributed by atoms with Crippen LogP contribution < -0.4 is 0 Å². The summed E-state index contributed by atoms with van der Waals surface area (Å²) in [6, 6.07) is 82.6. The fourth-order valence-electron chi connectivity index (χ4n) is 9.52. The predicted octanol–water partition coefficient (Wildman–Crippen LogP) is 14.1. The lowest BCUT2D eigenvalue weighted by atomic mass is 9.67. The number of hydrogen-bond donors (Lipinski definition) is 0. The number of aromatic nitrogens is 1. The molecule has 0 saturated carbocycles. The van der Waals surface area contributed by atoms with Gasteiger partial charge in [-0.3, -0.25) is 0 Å². The van der Waals surface area contributed by atoms with Crippen LogP contribution in [-0.4, -0.2) is 4.57 Å². The standard InChI is InChI=1S/C56H39N/c1-4-14-45(15-5-1)56(46-16-6-2-7-17-46)52-22-12-10-20-48(52)49-34-26-40(37-53(49)56)36-39-24-27-41(28-25-39)42-29-31-43(32-30-42)44-33-35-55-51(38-44)50-21-11-13-23-54(50)57(55)47-18-8-3-9-19-47/h1-35,37-38H,36H2. The molecule has 1 aliphatic rings. The number of hydrogen-bond acceptors (Lipinski definition) is 0. The second-order valence-corrected chi connectivity index (χ2v) is 15.3. The van der Waals surface area contributed by atoms with Gasteiger partial charge in [0.2, 0.25) is 0 Å². The summed E-state index contributed by atoms with van der Waals surface area (Å²) >= 11 is 0. The molecule has 1 aliphatic carbocycles. The van der Waals surface area contributed by atoms with Crippen molar-refractivity contribution in [2.24, 2.45) is 0 Å². The molecule has 0 unspecified atom stereocenters. The first-order valence-corrected chi connectivity index (χ1v) is 19.9. The van der Waals surface area contributed by atoms with Gasteiger partial charge >= 0.3 is 0 Å². The molecular formula is C56H39N. The van der Waals surface area contributed by atoms with Gasteiger partial charge in [0.1, 0.15) is 0 Å². The van der Waals surface area contributed by atoms with Crippen molar-refractivity contribution < 1.29 is 0 Å². The zero-order valence-electron chi connectivity index (χ0n) is 31.5. The second-order valence-electron chi connectivity index (χ2n) is 15.3. The third-order valence-corrected chi connectivity index (χ3v) is 12.1. The van der Waals surface area contributed by atoms with Crippen LogP contribution in [0, 0.1) is 0 Å². The van der Waals surface area contributed by atoms with E-state index < -0.39 is 0 Å². The summed E-state index contributed by atoms with van der Waals surface area (Å²) in [5.41, 5.74) is 18.7. The molecule has 0 saturated heterocycles. The third kappa shape index (κ3) is 5.39. The van der Waals surface area contributed by atoms with Gasteiger partial charge in [-0.15, -0.1) is 0 Å². The molecule has 57 heavy (non-hydrogen) atoms. The Bertz CT molecular complexity index is 3010. The highest BCUT2D eigenvalue weighted by molar-refractivity contribution is 6.10. The van der Waals surface area contributed by atoms with E-state index in [0.29, 0.717) is 0 Å². The minimum Gasteiger partial charge on any atom is -0.309 e. The summed E-state index contributed by atoms with van der Waals surface area (Å²) in [6.07, 6.45) is 0.867. The lowest BCUT2D eigenvalue weighted by Gasteiger charge is -2.34. The summed E-state index contributed by atoms with van der Waals surface area (Å²) in [4.78, 5) is 0. The van der Waals surface area contributed by atoms with E-state index >= 15 is 0 Å². The molecule has 11 rings (SSSR count). The van der Waals surface area contributed by atoms with Crippen LogP contribution in [0.1, 0.15) is 33.4 Å². The van der Waals surface area contributed by atoms with Gasteiger partial charge in [0.05, 0.1) is 16.4 Å². The first-order chi connectivity index (χ1) is 28.3. The van der Waals surface area contributed by atoms with Crippen molar-refractivity contribution >= 4 is 21.8 Å². The van der Waals surface area contributed by atoms with Crippen LogP contribution in [0.2, 0.25) is 0 Å². The fraction of sp³-hybridized carbons (Fsp3) is 0.0357. The van der Waals surface area contributed by atoms with Crippen LogP contribution >= 0.6 is 0 Å². The summed E-state index contributed by atoms with van der Waals surface area (Å²) in [5, 5.41) is 2.54. The monoisotopic (exact) mass is 725 g/mol. The Labute approximate surface area is 333 Å². The van der Waals surface area contributed by atoms with Gasteiger partial charge in [0, 0.05) is 16.5 Å². The number of para-hydroxylation sites is 2. The number of fused-ring (bicyclic) bond motifs is 6. The van der Waals surface area contributed by atoms with Crippen LogP contribution in [0.4, 0.5) is 0 Å². The Morgan fingerprint density at radius 3 is 1.54 bits per heavy atom. The van der Waals surface area contributed by atoms with Gasteiger partial charge in [0.25, 0.3) is 0 Å². The molecular weight excluding hydrogens is 687 g/mol. The van der Waals surface area contributed by atoms with E-state index in [-0.39, 0.29) is 5.41 Å². The van der Waals surface area contributed by atoms with Crippen LogP contribution in [0.25, 0.3) is 60.9 Å². The maximum Gasteiger partial charge on any atom is 0.0713 e. The Balaban J connectivity index is 0.892. The van der Waals surface area contributed by atoms with E-state index in [1.165, 1.54) is 94.3 Å². The first-order valence-electron chi connectivity index (χ1n) is 19.9. The van der Waals surface area contributed by atoms with Crippen LogP contribution in [0.3, 0.4) is 0 Å². The molecule has 9 aromatic carbocycles. The Kier molecular flexibility index (Phi) is 7.86. The Morgan fingerprint density at radius 1 is 0.333 bits per heavy atom. The molecule has 10 aromatic rings. The highest BCUT2D eigenvalue weighted by Gasteiger charge is 2.45. The number of rotatable bonds is 7. The van der Waals surface area contributed by atoms with Gasteiger partial charge in [-0.05, 0) is 104 Å². The quantitative estimate of drug-likeness (QED) is 0.154. The van der Waals surface area contributed by atoms with Crippen molar-refractivity contribution in [3.8, 4) is 39.1 Å². The van der Waals surface area contributed by atoms with Crippen molar-refractivity contribution in [2.45, 2.75) is 11.8 Å².